The summed E-state index contributed by atoms with van der Waals surface area (Å²) in [5.74, 6) is 1.38. The molecule has 0 fully saturated rings. The molecule has 0 spiro atoms. The molecule has 0 aliphatic rings. The van der Waals surface area contributed by atoms with E-state index in [0.29, 0.717) is 24.7 Å². The average molecular weight is 367 g/mol. The fourth-order valence-electron chi connectivity index (χ4n) is 2.37. The van der Waals surface area contributed by atoms with E-state index >= 15 is 0 Å². The molecule has 3 heteroatoms. The van der Waals surface area contributed by atoms with Crippen LogP contribution in [0.4, 0.5) is 0 Å². The standard InChI is InChI=1S/C21H20O3.C2H6.CH4/c22-14-19-11-20(23-15-17-7-3-1-4-8-17)13-21(12-19)24-16-18-9-5-2-6-10-18;1-2;/h1-13,22H,14-16H2;1-2H3;1H4. The van der Waals surface area contributed by atoms with Crippen LogP contribution in [0.15, 0.2) is 78.9 Å². The Morgan fingerprint density at radius 3 is 1.41 bits per heavy atom. The molecule has 0 saturated carbocycles. The van der Waals surface area contributed by atoms with Crippen LogP contribution in [0.25, 0.3) is 0 Å². The van der Waals surface area contributed by atoms with Gasteiger partial charge in [0, 0.05) is 6.07 Å². The molecule has 0 heterocycles. The van der Waals surface area contributed by atoms with Gasteiger partial charge in [0.05, 0.1) is 6.61 Å². The largest absolute Gasteiger partial charge is 0.489 e. The van der Waals surface area contributed by atoms with E-state index in [0.717, 1.165) is 16.7 Å². The monoisotopic (exact) mass is 366 g/mol. The van der Waals surface area contributed by atoms with Crippen molar-refractivity contribution in [1.82, 2.24) is 0 Å². The quantitative estimate of drug-likeness (QED) is 0.557. The summed E-state index contributed by atoms with van der Waals surface area (Å²) in [4.78, 5) is 0. The summed E-state index contributed by atoms with van der Waals surface area (Å²) in [5, 5.41) is 9.45. The van der Waals surface area contributed by atoms with E-state index < -0.39 is 0 Å². The Morgan fingerprint density at radius 2 is 1.04 bits per heavy atom. The fourth-order valence-corrected chi connectivity index (χ4v) is 2.37. The molecule has 0 atom stereocenters. The molecule has 27 heavy (non-hydrogen) atoms. The Morgan fingerprint density at radius 1 is 0.630 bits per heavy atom. The maximum Gasteiger partial charge on any atom is 0.123 e. The van der Waals surface area contributed by atoms with Crippen molar-refractivity contribution in [3.63, 3.8) is 0 Å². The first-order valence-corrected chi connectivity index (χ1v) is 8.92. The maximum absolute atomic E-state index is 9.45. The molecular formula is C24H30O3. The Labute approximate surface area is 163 Å². The molecule has 3 rings (SSSR count). The van der Waals surface area contributed by atoms with Crippen LogP contribution >= 0.6 is 0 Å². The number of rotatable bonds is 7. The van der Waals surface area contributed by atoms with Gasteiger partial charge in [-0.15, -0.1) is 0 Å². The van der Waals surface area contributed by atoms with Crippen LogP contribution in [0.1, 0.15) is 38.0 Å². The predicted molar refractivity (Wildman–Crippen MR) is 112 cm³/mol. The van der Waals surface area contributed by atoms with Crippen molar-refractivity contribution in [2.75, 3.05) is 0 Å². The van der Waals surface area contributed by atoms with E-state index in [1.165, 1.54) is 0 Å². The third-order valence-electron chi connectivity index (χ3n) is 3.62. The van der Waals surface area contributed by atoms with Crippen LogP contribution in [0.2, 0.25) is 0 Å². The molecule has 0 radical (unpaired) electrons. The zero-order chi connectivity index (χ0) is 18.6. The van der Waals surface area contributed by atoms with Crippen LogP contribution in [0.3, 0.4) is 0 Å². The second kappa shape index (κ2) is 12.6. The highest BCUT2D eigenvalue weighted by atomic mass is 16.5. The highest BCUT2D eigenvalue weighted by Gasteiger charge is 2.04. The first-order chi connectivity index (χ1) is 12.8. The highest BCUT2D eigenvalue weighted by molar-refractivity contribution is 5.38. The molecule has 3 aromatic carbocycles. The van der Waals surface area contributed by atoms with Gasteiger partial charge in [0.2, 0.25) is 0 Å². The first-order valence-electron chi connectivity index (χ1n) is 8.92. The summed E-state index contributed by atoms with van der Waals surface area (Å²) in [6.07, 6.45) is 0. The molecule has 0 aliphatic heterocycles. The lowest BCUT2D eigenvalue weighted by molar-refractivity contribution is 0.271. The Bertz CT molecular complexity index is 693. The van der Waals surface area contributed by atoms with Crippen LogP contribution < -0.4 is 9.47 Å². The molecule has 3 aromatic rings. The van der Waals surface area contributed by atoms with E-state index in [9.17, 15) is 5.11 Å². The molecule has 0 aromatic heterocycles. The zero-order valence-electron chi connectivity index (χ0n) is 15.4. The highest BCUT2D eigenvalue weighted by Crippen LogP contribution is 2.24. The summed E-state index contributed by atoms with van der Waals surface area (Å²) in [6.45, 7) is 4.91. The number of ether oxygens (including phenoxy) is 2. The minimum Gasteiger partial charge on any atom is -0.489 e. The Balaban J connectivity index is 0.00000118. The van der Waals surface area contributed by atoms with Crippen molar-refractivity contribution < 1.29 is 14.6 Å². The first kappa shape index (κ1) is 22.3. The second-order valence-electron chi connectivity index (χ2n) is 5.52. The lowest BCUT2D eigenvalue weighted by Crippen LogP contribution is -1.99. The average Bonchev–Trinajstić information content (AvgIpc) is 2.73. The van der Waals surface area contributed by atoms with Crippen molar-refractivity contribution in [2.45, 2.75) is 41.1 Å². The minimum atomic E-state index is -0.0514. The van der Waals surface area contributed by atoms with Crippen LogP contribution in [0.5, 0.6) is 11.5 Å². The summed E-state index contributed by atoms with van der Waals surface area (Å²) in [5.41, 5.74) is 2.96. The van der Waals surface area contributed by atoms with Gasteiger partial charge in [-0.25, -0.2) is 0 Å². The van der Waals surface area contributed by atoms with Gasteiger partial charge in [-0.1, -0.05) is 81.9 Å². The van der Waals surface area contributed by atoms with Gasteiger partial charge in [0.15, 0.2) is 0 Å². The zero-order valence-corrected chi connectivity index (χ0v) is 15.4. The maximum atomic E-state index is 9.45. The second-order valence-corrected chi connectivity index (χ2v) is 5.52. The molecule has 144 valence electrons. The summed E-state index contributed by atoms with van der Waals surface area (Å²) < 4.78 is 11.7. The van der Waals surface area contributed by atoms with Gasteiger partial charge in [-0.05, 0) is 28.8 Å². The molecule has 0 amide bonds. The van der Waals surface area contributed by atoms with Crippen LogP contribution in [-0.4, -0.2) is 5.11 Å². The van der Waals surface area contributed by atoms with Crippen molar-refractivity contribution >= 4 is 0 Å². The number of benzene rings is 3. The van der Waals surface area contributed by atoms with Crippen molar-refractivity contribution in [3.8, 4) is 11.5 Å². The number of hydrogen-bond donors (Lipinski definition) is 1. The molecule has 0 saturated heterocycles. The van der Waals surface area contributed by atoms with E-state index in [4.69, 9.17) is 9.47 Å². The fraction of sp³-hybridized carbons (Fsp3) is 0.250. The Kier molecular flexibility index (Phi) is 10.4. The van der Waals surface area contributed by atoms with Crippen LogP contribution in [-0.2, 0) is 19.8 Å². The van der Waals surface area contributed by atoms with Crippen molar-refractivity contribution in [2.24, 2.45) is 0 Å². The summed E-state index contributed by atoms with van der Waals surface area (Å²) in [7, 11) is 0. The van der Waals surface area contributed by atoms with E-state index in [1.807, 2.05) is 92.7 Å². The minimum absolute atomic E-state index is 0. The third kappa shape index (κ3) is 7.55. The van der Waals surface area contributed by atoms with Gasteiger partial charge in [-0.3, -0.25) is 0 Å². The van der Waals surface area contributed by atoms with Gasteiger partial charge >= 0.3 is 0 Å². The SMILES string of the molecule is C.CC.OCc1cc(OCc2ccccc2)cc(OCc2ccccc2)c1. The lowest BCUT2D eigenvalue weighted by Gasteiger charge is -2.12. The van der Waals surface area contributed by atoms with Crippen molar-refractivity contribution in [1.29, 1.82) is 0 Å². The number of aliphatic hydroxyl groups excluding tert-OH is 1. The smallest absolute Gasteiger partial charge is 0.123 e. The normalized spacial score (nSPS) is 9.44. The van der Waals surface area contributed by atoms with Gasteiger partial charge in [-0.2, -0.15) is 0 Å². The topological polar surface area (TPSA) is 38.7 Å². The molecular weight excluding hydrogens is 336 g/mol. The molecule has 0 unspecified atom stereocenters. The molecule has 0 bridgehead atoms. The van der Waals surface area contributed by atoms with Crippen LogP contribution in [0, 0.1) is 0 Å². The summed E-state index contributed by atoms with van der Waals surface area (Å²) in [6, 6.07) is 25.5. The van der Waals surface area contributed by atoms with Gasteiger partial charge < -0.3 is 14.6 Å². The van der Waals surface area contributed by atoms with Gasteiger partial charge in [0.1, 0.15) is 24.7 Å². The third-order valence-corrected chi connectivity index (χ3v) is 3.62. The van der Waals surface area contributed by atoms with E-state index in [1.54, 1.807) is 0 Å². The molecule has 0 aliphatic carbocycles. The predicted octanol–water partition coefficient (Wildman–Crippen LogP) is 6.00. The number of hydrogen-bond acceptors (Lipinski definition) is 3. The molecule has 3 nitrogen and oxygen atoms in total. The molecule has 1 N–H and O–H groups in total. The van der Waals surface area contributed by atoms with E-state index in [2.05, 4.69) is 0 Å². The lowest BCUT2D eigenvalue weighted by atomic mass is 10.2. The van der Waals surface area contributed by atoms with E-state index in [-0.39, 0.29) is 14.0 Å². The summed E-state index contributed by atoms with van der Waals surface area (Å²) >= 11 is 0. The van der Waals surface area contributed by atoms with Crippen molar-refractivity contribution in [3.05, 3.63) is 95.6 Å². The van der Waals surface area contributed by atoms with Gasteiger partial charge in [0.25, 0.3) is 0 Å². The Hall–Kier alpha value is -2.78. The number of aliphatic hydroxyl groups is 1.